The first-order valence-electron chi connectivity index (χ1n) is 11.9. The van der Waals surface area contributed by atoms with Crippen molar-refractivity contribution in [2.45, 2.75) is 70.0 Å². The molecule has 13 heteroatoms. The number of hydrogen-bond acceptors (Lipinski definition) is 8. The molecule has 1 N–H and O–H groups in total. The van der Waals surface area contributed by atoms with Gasteiger partial charge in [0.15, 0.2) is 11.5 Å². The fourth-order valence-electron chi connectivity index (χ4n) is 5.06. The van der Waals surface area contributed by atoms with Crippen LogP contribution in [0.5, 0.6) is 0 Å². The van der Waals surface area contributed by atoms with Gasteiger partial charge >= 0.3 is 6.18 Å². The monoisotopic (exact) mass is 492 g/mol. The summed E-state index contributed by atoms with van der Waals surface area (Å²) in [4.78, 5) is 19.6. The van der Waals surface area contributed by atoms with Crippen LogP contribution < -0.4 is 10.2 Å². The van der Waals surface area contributed by atoms with Gasteiger partial charge in [-0.25, -0.2) is 0 Å². The maximum absolute atomic E-state index is 13.3. The first-order chi connectivity index (χ1) is 16.7. The lowest BCUT2D eigenvalue weighted by atomic mass is 9.87. The van der Waals surface area contributed by atoms with Gasteiger partial charge in [0, 0.05) is 25.9 Å². The molecule has 0 aromatic carbocycles. The quantitative estimate of drug-likeness (QED) is 0.551. The molecule has 0 radical (unpaired) electrons. The molecule has 4 heterocycles. The number of piperidine rings is 1. The summed E-state index contributed by atoms with van der Waals surface area (Å²) < 4.78 is 45.5. The Morgan fingerprint density at radius 3 is 2.46 bits per heavy atom. The highest BCUT2D eigenvalue weighted by atomic mass is 19.4. The number of alkyl halides is 3. The Labute approximate surface area is 199 Å². The van der Waals surface area contributed by atoms with Gasteiger partial charge in [-0.05, 0) is 37.8 Å². The fourth-order valence-corrected chi connectivity index (χ4v) is 5.06. The van der Waals surface area contributed by atoms with Crippen molar-refractivity contribution in [2.75, 3.05) is 18.0 Å². The van der Waals surface area contributed by atoms with E-state index in [1.54, 1.807) is 13.0 Å². The summed E-state index contributed by atoms with van der Waals surface area (Å²) in [5.41, 5.74) is -0.599. The Bertz CT molecular complexity index is 1190. The standard InChI is InChI=1S/C22H27F3N8O2/c1-14-26-19(31-35-14)21(10-4-2-3-5-11-21)27-18(34)15-8-12-32(13-9-15)17-7-6-16-28-29-20(22(23,24)25)33(16)30-17/h6-7,15H,2-5,8-13H2,1H3,(H,27,34). The zero-order chi connectivity index (χ0) is 24.6. The molecule has 1 aliphatic heterocycles. The zero-order valence-corrected chi connectivity index (χ0v) is 19.4. The maximum atomic E-state index is 13.3. The second kappa shape index (κ2) is 9.08. The van der Waals surface area contributed by atoms with E-state index >= 15 is 0 Å². The molecule has 0 spiro atoms. The average Bonchev–Trinajstić information content (AvgIpc) is 3.40. The molecule has 10 nitrogen and oxygen atoms in total. The number of anilines is 1. The van der Waals surface area contributed by atoms with E-state index in [0.29, 0.717) is 43.5 Å². The highest BCUT2D eigenvalue weighted by molar-refractivity contribution is 5.80. The summed E-state index contributed by atoms with van der Waals surface area (Å²) in [6.07, 6.45) is 2.15. The number of rotatable bonds is 4. The molecule has 0 bridgehead atoms. The molecule has 1 amide bonds. The molecule has 1 aliphatic carbocycles. The second-order valence-corrected chi connectivity index (χ2v) is 9.37. The lowest BCUT2D eigenvalue weighted by Gasteiger charge is -2.36. The van der Waals surface area contributed by atoms with E-state index in [1.807, 2.05) is 4.90 Å². The predicted molar refractivity (Wildman–Crippen MR) is 117 cm³/mol. The SMILES string of the molecule is Cc1nc(C2(NC(=O)C3CCN(c4ccc5nnc(C(F)(F)F)n5n4)CC3)CCCCCC2)no1. The first-order valence-corrected chi connectivity index (χ1v) is 11.9. The molecule has 2 fully saturated rings. The first kappa shape index (κ1) is 23.5. The Morgan fingerprint density at radius 2 is 1.83 bits per heavy atom. The van der Waals surface area contributed by atoms with Crippen LogP contribution in [0.1, 0.15) is 68.9 Å². The lowest BCUT2D eigenvalue weighted by Crippen LogP contribution is -2.50. The maximum Gasteiger partial charge on any atom is 0.453 e. The van der Waals surface area contributed by atoms with Crippen molar-refractivity contribution >= 4 is 17.4 Å². The van der Waals surface area contributed by atoms with Gasteiger partial charge < -0.3 is 14.7 Å². The number of nitrogens with one attached hydrogen (secondary N) is 1. The second-order valence-electron chi connectivity index (χ2n) is 9.37. The summed E-state index contributed by atoms with van der Waals surface area (Å²) in [6.45, 7) is 2.73. The van der Waals surface area contributed by atoms with E-state index in [2.05, 4.69) is 30.8 Å². The molecule has 3 aromatic heterocycles. The number of carbonyl (C=O) groups is 1. The van der Waals surface area contributed by atoms with E-state index in [0.717, 1.165) is 43.0 Å². The van der Waals surface area contributed by atoms with Crippen LogP contribution in [0.4, 0.5) is 19.0 Å². The third-order valence-corrected chi connectivity index (χ3v) is 6.97. The van der Waals surface area contributed by atoms with E-state index in [9.17, 15) is 18.0 Å². The minimum atomic E-state index is -4.65. The molecule has 188 valence electrons. The van der Waals surface area contributed by atoms with Gasteiger partial charge in [0.25, 0.3) is 5.82 Å². The number of amides is 1. The molecule has 2 aliphatic rings. The van der Waals surface area contributed by atoms with Crippen molar-refractivity contribution in [3.05, 3.63) is 29.7 Å². The van der Waals surface area contributed by atoms with E-state index in [1.165, 1.54) is 6.07 Å². The van der Waals surface area contributed by atoms with Crippen LogP contribution in [0, 0.1) is 12.8 Å². The molecule has 3 aromatic rings. The smallest absolute Gasteiger partial charge is 0.355 e. The lowest BCUT2D eigenvalue weighted by molar-refractivity contribution is -0.146. The summed E-state index contributed by atoms with van der Waals surface area (Å²) >= 11 is 0. The van der Waals surface area contributed by atoms with Crippen molar-refractivity contribution in [2.24, 2.45) is 5.92 Å². The molecule has 1 saturated carbocycles. The highest BCUT2D eigenvalue weighted by Gasteiger charge is 2.41. The van der Waals surface area contributed by atoms with Crippen LogP contribution in [0.15, 0.2) is 16.7 Å². The van der Waals surface area contributed by atoms with Crippen molar-refractivity contribution < 1.29 is 22.5 Å². The number of aryl methyl sites for hydroxylation is 1. The Balaban J connectivity index is 1.28. The number of carbonyl (C=O) groups excluding carboxylic acids is 1. The van der Waals surface area contributed by atoms with E-state index in [4.69, 9.17) is 4.52 Å². The Hall–Kier alpha value is -3.25. The average molecular weight is 493 g/mol. The van der Waals surface area contributed by atoms with Gasteiger partial charge in [-0.1, -0.05) is 30.8 Å². The summed E-state index contributed by atoms with van der Waals surface area (Å²) in [7, 11) is 0. The van der Waals surface area contributed by atoms with Crippen molar-refractivity contribution in [3.8, 4) is 0 Å². The molecule has 0 atom stereocenters. The third kappa shape index (κ3) is 4.67. The molecule has 1 saturated heterocycles. The minimum Gasteiger partial charge on any atom is -0.355 e. The molecule has 0 unspecified atom stereocenters. The minimum absolute atomic E-state index is 0.0285. The Morgan fingerprint density at radius 1 is 1.11 bits per heavy atom. The molecular formula is C22H27F3N8O2. The fraction of sp³-hybridized carbons (Fsp3) is 0.636. The normalized spacial score (nSPS) is 19.6. The van der Waals surface area contributed by atoms with Gasteiger partial charge in [0.2, 0.25) is 11.8 Å². The van der Waals surface area contributed by atoms with E-state index < -0.39 is 17.5 Å². The summed E-state index contributed by atoms with van der Waals surface area (Å²) in [5.74, 6) is -0.0236. The van der Waals surface area contributed by atoms with Crippen LogP contribution in [0.2, 0.25) is 0 Å². The van der Waals surface area contributed by atoms with Gasteiger partial charge in [-0.15, -0.1) is 15.3 Å². The summed E-state index contributed by atoms with van der Waals surface area (Å²) in [6, 6.07) is 3.09. The summed E-state index contributed by atoms with van der Waals surface area (Å²) in [5, 5.41) is 18.3. The number of nitrogens with zero attached hydrogens (tertiary/aromatic N) is 7. The van der Waals surface area contributed by atoms with Crippen LogP contribution in [0.3, 0.4) is 0 Å². The predicted octanol–water partition coefficient (Wildman–Crippen LogP) is 3.42. The Kier molecular flexibility index (Phi) is 6.09. The van der Waals surface area contributed by atoms with Crippen molar-refractivity contribution in [1.82, 2.24) is 35.3 Å². The van der Waals surface area contributed by atoms with Crippen LogP contribution in [-0.4, -0.2) is 48.9 Å². The van der Waals surface area contributed by atoms with Gasteiger partial charge in [0.1, 0.15) is 11.4 Å². The van der Waals surface area contributed by atoms with Crippen LogP contribution in [-0.2, 0) is 16.5 Å². The molecule has 5 rings (SSSR count). The van der Waals surface area contributed by atoms with Crippen molar-refractivity contribution in [1.29, 1.82) is 0 Å². The number of fused-ring (bicyclic) bond motifs is 1. The van der Waals surface area contributed by atoms with E-state index in [-0.39, 0.29) is 17.5 Å². The zero-order valence-electron chi connectivity index (χ0n) is 19.4. The molecule has 35 heavy (non-hydrogen) atoms. The number of aromatic nitrogens is 6. The largest absolute Gasteiger partial charge is 0.453 e. The van der Waals surface area contributed by atoms with Gasteiger partial charge in [-0.2, -0.15) is 22.7 Å². The van der Waals surface area contributed by atoms with Crippen LogP contribution in [0.25, 0.3) is 5.65 Å². The van der Waals surface area contributed by atoms with Gasteiger partial charge in [-0.3, -0.25) is 4.79 Å². The van der Waals surface area contributed by atoms with Gasteiger partial charge in [0.05, 0.1) is 0 Å². The number of halogens is 3. The highest BCUT2D eigenvalue weighted by Crippen LogP contribution is 2.36. The van der Waals surface area contributed by atoms with Crippen molar-refractivity contribution in [3.63, 3.8) is 0 Å². The number of hydrogen-bond donors (Lipinski definition) is 1. The van der Waals surface area contributed by atoms with Crippen LogP contribution >= 0.6 is 0 Å². The molecular weight excluding hydrogens is 465 g/mol. The third-order valence-electron chi connectivity index (χ3n) is 6.97. The topological polar surface area (TPSA) is 114 Å².